The van der Waals surface area contributed by atoms with E-state index in [4.69, 9.17) is 4.74 Å². The molecule has 0 saturated heterocycles. The van der Waals surface area contributed by atoms with Crippen LogP contribution in [0.4, 0.5) is 0 Å². The lowest BCUT2D eigenvalue weighted by Gasteiger charge is -2.17. The van der Waals surface area contributed by atoms with Gasteiger partial charge in [0.15, 0.2) is 0 Å². The van der Waals surface area contributed by atoms with Crippen molar-refractivity contribution in [3.05, 3.63) is 40.4 Å². The van der Waals surface area contributed by atoms with Crippen LogP contribution < -0.4 is 10.1 Å². The summed E-state index contributed by atoms with van der Waals surface area (Å²) in [4.78, 5) is 1.29. The van der Waals surface area contributed by atoms with Crippen molar-refractivity contribution in [2.24, 2.45) is 0 Å². The van der Waals surface area contributed by atoms with Crippen molar-refractivity contribution in [1.82, 2.24) is 14.9 Å². The normalized spacial score (nSPS) is 12.3. The van der Waals surface area contributed by atoms with Crippen LogP contribution in [0.15, 0.2) is 24.3 Å². The fraction of sp³-hybridized carbons (Fsp3) is 0.500. The molecule has 1 heterocycles. The third-order valence-electron chi connectivity index (χ3n) is 3.57. The van der Waals surface area contributed by atoms with Gasteiger partial charge in [0, 0.05) is 6.04 Å². The van der Waals surface area contributed by atoms with Gasteiger partial charge >= 0.3 is 0 Å². The second-order valence-electron chi connectivity index (χ2n) is 4.93. The van der Waals surface area contributed by atoms with E-state index in [1.54, 1.807) is 7.11 Å². The van der Waals surface area contributed by atoms with E-state index in [2.05, 4.69) is 40.9 Å². The van der Waals surface area contributed by atoms with E-state index in [9.17, 15) is 0 Å². The molecule has 1 atom stereocenters. The molecule has 0 aliphatic rings. The van der Waals surface area contributed by atoms with Gasteiger partial charge in [-0.15, -0.1) is 5.10 Å². The molecule has 1 aromatic heterocycles. The Hall–Kier alpha value is -1.46. The Bertz CT molecular complexity index is 539. The fourth-order valence-corrected chi connectivity index (χ4v) is 3.25. The number of methoxy groups -OCH3 is 1. The zero-order valence-corrected chi connectivity index (χ0v) is 13.7. The molecule has 0 aliphatic carbocycles. The summed E-state index contributed by atoms with van der Waals surface area (Å²) < 4.78 is 9.30. The van der Waals surface area contributed by atoms with Gasteiger partial charge in [-0.2, -0.15) is 0 Å². The molecule has 2 aromatic rings. The van der Waals surface area contributed by atoms with Crippen molar-refractivity contribution in [2.45, 2.75) is 39.2 Å². The van der Waals surface area contributed by atoms with Crippen LogP contribution in [0.3, 0.4) is 0 Å². The zero-order chi connectivity index (χ0) is 15.1. The van der Waals surface area contributed by atoms with E-state index in [1.165, 1.54) is 22.0 Å². The molecule has 0 radical (unpaired) electrons. The maximum atomic E-state index is 5.20. The van der Waals surface area contributed by atoms with Crippen LogP contribution in [-0.2, 0) is 12.8 Å². The molecule has 1 aromatic carbocycles. The highest BCUT2D eigenvalue weighted by Gasteiger charge is 2.17. The molecule has 114 valence electrons. The molecule has 0 spiro atoms. The van der Waals surface area contributed by atoms with Crippen molar-refractivity contribution in [3.63, 3.8) is 0 Å². The number of hydrogen-bond acceptors (Lipinski definition) is 5. The van der Waals surface area contributed by atoms with Gasteiger partial charge in [0.05, 0.1) is 17.7 Å². The summed E-state index contributed by atoms with van der Waals surface area (Å²) in [6.07, 6.45) is 3.02. The molecule has 4 nitrogen and oxygen atoms in total. The van der Waals surface area contributed by atoms with E-state index in [0.29, 0.717) is 6.04 Å². The highest BCUT2D eigenvalue weighted by atomic mass is 32.1. The Morgan fingerprint density at radius 2 is 2.00 bits per heavy atom. The monoisotopic (exact) mass is 305 g/mol. The average molecular weight is 305 g/mol. The number of ether oxygens (including phenoxy) is 1. The molecule has 0 saturated carbocycles. The lowest BCUT2D eigenvalue weighted by molar-refractivity contribution is 0.414. The maximum Gasteiger partial charge on any atom is 0.118 e. The standard InChI is InChI=1S/C16H23N3OS/c1-4-14-16(21-19-18-14)15(17-5-2)11-8-12-6-9-13(20-3)10-7-12/h6-7,9-10,15,17H,4-5,8,11H2,1-3H3. The minimum Gasteiger partial charge on any atom is -0.497 e. The number of nitrogens with one attached hydrogen (secondary N) is 1. The molecule has 0 fully saturated rings. The second-order valence-corrected chi connectivity index (χ2v) is 5.72. The Kier molecular flexibility index (Phi) is 6.14. The van der Waals surface area contributed by atoms with E-state index in [1.807, 2.05) is 12.1 Å². The SMILES string of the molecule is CCNC(CCc1ccc(OC)cc1)c1snnc1CC. The summed E-state index contributed by atoms with van der Waals surface area (Å²) in [5, 5.41) is 7.79. The van der Waals surface area contributed by atoms with Gasteiger partial charge in [-0.3, -0.25) is 0 Å². The highest BCUT2D eigenvalue weighted by molar-refractivity contribution is 7.05. The first kappa shape index (κ1) is 15.9. The van der Waals surface area contributed by atoms with Crippen LogP contribution in [0.2, 0.25) is 0 Å². The average Bonchev–Trinajstić information content (AvgIpc) is 3.00. The third-order valence-corrected chi connectivity index (χ3v) is 4.45. The Balaban J connectivity index is 2.02. The van der Waals surface area contributed by atoms with E-state index in [-0.39, 0.29) is 0 Å². The van der Waals surface area contributed by atoms with Gasteiger partial charge in [0.1, 0.15) is 5.75 Å². The summed E-state index contributed by atoms with van der Waals surface area (Å²) in [5.41, 5.74) is 2.45. The first-order valence-electron chi connectivity index (χ1n) is 7.45. The number of aromatic nitrogens is 2. The maximum absolute atomic E-state index is 5.20. The number of benzene rings is 1. The van der Waals surface area contributed by atoms with Crippen LogP contribution in [0.25, 0.3) is 0 Å². The van der Waals surface area contributed by atoms with Crippen molar-refractivity contribution in [1.29, 1.82) is 0 Å². The smallest absolute Gasteiger partial charge is 0.118 e. The molecule has 0 amide bonds. The van der Waals surface area contributed by atoms with Crippen LogP contribution in [0, 0.1) is 0 Å². The lowest BCUT2D eigenvalue weighted by atomic mass is 10.0. The number of hydrogen-bond donors (Lipinski definition) is 1. The van der Waals surface area contributed by atoms with Crippen molar-refractivity contribution in [3.8, 4) is 5.75 Å². The summed E-state index contributed by atoms with van der Waals surface area (Å²) in [6, 6.07) is 8.64. The minimum atomic E-state index is 0.340. The number of rotatable bonds is 8. The van der Waals surface area contributed by atoms with Crippen LogP contribution in [0.1, 0.15) is 42.4 Å². The van der Waals surface area contributed by atoms with E-state index >= 15 is 0 Å². The van der Waals surface area contributed by atoms with Gasteiger partial charge in [0.25, 0.3) is 0 Å². The van der Waals surface area contributed by atoms with E-state index in [0.717, 1.165) is 37.3 Å². The molecule has 0 bridgehead atoms. The summed E-state index contributed by atoms with van der Waals surface area (Å²) in [6.45, 7) is 5.22. The van der Waals surface area contributed by atoms with Gasteiger partial charge < -0.3 is 10.1 Å². The quantitative estimate of drug-likeness (QED) is 0.812. The molecular formula is C16H23N3OS. The Morgan fingerprint density at radius 1 is 1.24 bits per heavy atom. The largest absolute Gasteiger partial charge is 0.497 e. The van der Waals surface area contributed by atoms with Crippen molar-refractivity contribution >= 4 is 11.5 Å². The van der Waals surface area contributed by atoms with E-state index < -0.39 is 0 Å². The van der Waals surface area contributed by atoms with Gasteiger partial charge in [-0.25, -0.2) is 0 Å². The molecule has 1 N–H and O–H groups in total. The molecule has 5 heteroatoms. The zero-order valence-electron chi connectivity index (χ0n) is 12.9. The molecule has 0 aliphatic heterocycles. The number of aryl methyl sites for hydroxylation is 2. The predicted molar refractivity (Wildman–Crippen MR) is 87.0 cm³/mol. The van der Waals surface area contributed by atoms with Crippen molar-refractivity contribution in [2.75, 3.05) is 13.7 Å². The fourth-order valence-electron chi connectivity index (χ4n) is 2.40. The second kappa shape index (κ2) is 8.10. The topological polar surface area (TPSA) is 47.0 Å². The predicted octanol–water partition coefficient (Wildman–Crippen LogP) is 3.39. The first-order chi connectivity index (χ1) is 10.3. The molecule has 2 rings (SSSR count). The molecule has 21 heavy (non-hydrogen) atoms. The molecular weight excluding hydrogens is 282 g/mol. The third kappa shape index (κ3) is 4.25. The van der Waals surface area contributed by atoms with Crippen molar-refractivity contribution < 1.29 is 4.74 Å². The van der Waals surface area contributed by atoms with Crippen LogP contribution in [-0.4, -0.2) is 23.2 Å². The lowest BCUT2D eigenvalue weighted by Crippen LogP contribution is -2.21. The first-order valence-corrected chi connectivity index (χ1v) is 8.23. The minimum absolute atomic E-state index is 0.340. The van der Waals surface area contributed by atoms with Gasteiger partial charge in [0.2, 0.25) is 0 Å². The molecule has 1 unspecified atom stereocenters. The number of nitrogens with zero attached hydrogens (tertiary/aromatic N) is 2. The van der Waals surface area contributed by atoms with Gasteiger partial charge in [-0.1, -0.05) is 30.5 Å². The Labute approximate surface area is 130 Å². The summed E-state index contributed by atoms with van der Waals surface area (Å²) >= 11 is 1.52. The summed E-state index contributed by atoms with van der Waals surface area (Å²) in [5.74, 6) is 0.905. The highest BCUT2D eigenvalue weighted by Crippen LogP contribution is 2.25. The van der Waals surface area contributed by atoms with Gasteiger partial charge in [-0.05, 0) is 55.0 Å². The van der Waals surface area contributed by atoms with Crippen LogP contribution in [0.5, 0.6) is 5.75 Å². The van der Waals surface area contributed by atoms with Crippen LogP contribution >= 0.6 is 11.5 Å². The Morgan fingerprint density at radius 3 is 2.62 bits per heavy atom. The summed E-state index contributed by atoms with van der Waals surface area (Å²) in [7, 11) is 1.69.